The van der Waals surface area contributed by atoms with Crippen LogP contribution in [0.4, 0.5) is 0 Å². The lowest BCUT2D eigenvalue weighted by Gasteiger charge is -2.32. The summed E-state index contributed by atoms with van der Waals surface area (Å²) in [5.74, 6) is 0.176. The number of benzene rings is 3. The van der Waals surface area contributed by atoms with Gasteiger partial charge in [0.15, 0.2) is 5.54 Å². The molecule has 0 spiro atoms. The number of amidine groups is 1. The van der Waals surface area contributed by atoms with E-state index in [1.165, 1.54) is 0 Å². The molecule has 1 aliphatic rings. The van der Waals surface area contributed by atoms with Gasteiger partial charge in [0.2, 0.25) is 0 Å². The van der Waals surface area contributed by atoms with E-state index in [4.69, 9.17) is 0 Å². The van der Waals surface area contributed by atoms with Crippen molar-refractivity contribution in [1.29, 1.82) is 0 Å². The van der Waals surface area contributed by atoms with Crippen LogP contribution in [0, 0.1) is 5.21 Å². The van der Waals surface area contributed by atoms with Crippen LogP contribution in [-0.2, 0) is 5.21 Å². The molecule has 0 aromatic heterocycles. The Hall–Kier alpha value is -3.11. The number of hydrogen-bond acceptors (Lipinski definition) is 2. The van der Waals surface area contributed by atoms with Crippen LogP contribution in [0.2, 0.25) is 0 Å². The van der Waals surface area contributed by atoms with E-state index < -0.39 is 11.1 Å². The molecule has 0 aliphatic carbocycles. The van der Waals surface area contributed by atoms with Gasteiger partial charge >= 0.3 is 5.84 Å². The lowest BCUT2D eigenvalue weighted by atomic mass is 9.84. The third-order valence-electron chi connectivity index (χ3n) is 6.35. The minimum absolute atomic E-state index is 0.176. The average molecular weight is 385 g/mol. The summed E-state index contributed by atoms with van der Waals surface area (Å²) in [5, 5.41) is 29.0. The van der Waals surface area contributed by atoms with Gasteiger partial charge in [0, 0.05) is 5.21 Å². The smallest absolute Gasteiger partial charge is 0.317 e. The van der Waals surface area contributed by atoms with Crippen LogP contribution < -0.4 is 0 Å². The maximum atomic E-state index is 13.1. The SMILES string of the molecule is CC1(C)N([O])C(c2cccc3c(/C=C/c4ccccc4)cccc23)=[N+]([O-])C1(C)C. The lowest BCUT2D eigenvalue weighted by Crippen LogP contribution is -2.53. The maximum Gasteiger partial charge on any atom is 0.317 e. The highest BCUT2D eigenvalue weighted by atomic mass is 16.5. The van der Waals surface area contributed by atoms with Gasteiger partial charge in [-0.15, -0.1) is 0 Å². The van der Waals surface area contributed by atoms with Crippen molar-refractivity contribution in [2.45, 2.75) is 38.8 Å². The predicted octanol–water partition coefficient (Wildman–Crippen LogP) is 5.49. The van der Waals surface area contributed by atoms with Gasteiger partial charge in [-0.2, -0.15) is 0 Å². The fraction of sp³-hybridized carbons (Fsp3) is 0.240. The first kappa shape index (κ1) is 19.2. The van der Waals surface area contributed by atoms with Crippen LogP contribution in [0.25, 0.3) is 22.9 Å². The van der Waals surface area contributed by atoms with Gasteiger partial charge in [-0.1, -0.05) is 77.9 Å². The van der Waals surface area contributed by atoms with Crippen LogP contribution in [0.15, 0.2) is 66.7 Å². The van der Waals surface area contributed by atoms with E-state index in [0.717, 1.165) is 31.7 Å². The van der Waals surface area contributed by atoms with E-state index in [0.29, 0.717) is 5.56 Å². The molecule has 3 aromatic rings. The van der Waals surface area contributed by atoms with Gasteiger partial charge < -0.3 is 5.21 Å². The molecule has 0 unspecified atom stereocenters. The highest BCUT2D eigenvalue weighted by molar-refractivity contribution is 6.09. The molecule has 1 heterocycles. The van der Waals surface area contributed by atoms with Crippen LogP contribution >= 0.6 is 0 Å². The molecule has 4 heteroatoms. The molecule has 3 aromatic carbocycles. The molecule has 4 rings (SSSR count). The summed E-state index contributed by atoms with van der Waals surface area (Å²) in [4.78, 5) is 0. The Labute approximate surface area is 171 Å². The zero-order valence-electron chi connectivity index (χ0n) is 17.2. The topological polar surface area (TPSA) is 49.2 Å². The molecule has 0 saturated heterocycles. The number of rotatable bonds is 3. The van der Waals surface area contributed by atoms with Gasteiger partial charge in [0.05, 0.1) is 5.56 Å². The fourth-order valence-electron chi connectivity index (χ4n) is 3.75. The second-order valence-corrected chi connectivity index (χ2v) is 8.52. The van der Waals surface area contributed by atoms with Crippen molar-refractivity contribution in [1.82, 2.24) is 5.06 Å². The first-order chi connectivity index (χ1) is 13.7. The van der Waals surface area contributed by atoms with Crippen LogP contribution in [0.3, 0.4) is 0 Å². The first-order valence-electron chi connectivity index (χ1n) is 9.82. The van der Waals surface area contributed by atoms with Crippen LogP contribution in [0.1, 0.15) is 44.4 Å². The van der Waals surface area contributed by atoms with Crippen molar-refractivity contribution in [3.05, 3.63) is 88.6 Å². The summed E-state index contributed by atoms with van der Waals surface area (Å²) >= 11 is 0. The van der Waals surface area contributed by atoms with Gasteiger partial charge in [-0.05, 0) is 55.7 Å². The monoisotopic (exact) mass is 385 g/mol. The summed E-state index contributed by atoms with van der Waals surface area (Å²) in [7, 11) is 0. The number of fused-ring (bicyclic) bond motifs is 1. The number of nitrogens with zero attached hydrogens (tertiary/aromatic N) is 2. The van der Waals surface area contributed by atoms with Crippen molar-refractivity contribution in [2.24, 2.45) is 0 Å². The van der Waals surface area contributed by atoms with E-state index in [-0.39, 0.29) is 5.84 Å². The Morgan fingerprint density at radius 3 is 2.14 bits per heavy atom. The zero-order chi connectivity index (χ0) is 20.8. The average Bonchev–Trinajstić information content (AvgIpc) is 2.83. The minimum atomic E-state index is -0.836. The molecule has 0 atom stereocenters. The van der Waals surface area contributed by atoms with Crippen molar-refractivity contribution >= 4 is 28.8 Å². The molecule has 1 radical (unpaired) electrons. The number of hydroxylamine groups is 3. The van der Waals surface area contributed by atoms with Crippen molar-refractivity contribution in [3.8, 4) is 0 Å². The molecule has 0 fully saturated rings. The second-order valence-electron chi connectivity index (χ2n) is 8.52. The first-order valence-corrected chi connectivity index (χ1v) is 9.82. The zero-order valence-corrected chi connectivity index (χ0v) is 17.2. The molecule has 0 amide bonds. The molecular weight excluding hydrogens is 360 g/mol. The molecule has 29 heavy (non-hydrogen) atoms. The standard InChI is InChI=1S/C25H25N2O2/c1-24(2)25(3,4)27(29)23(26(24)28)22-15-9-13-20-19(12-8-14-21(20)22)17-16-18-10-6-5-7-11-18/h5-17H,1-4H3/b17-16+. The van der Waals surface area contributed by atoms with Crippen LogP contribution in [-0.4, -0.2) is 26.7 Å². The molecule has 0 N–H and O–H groups in total. The van der Waals surface area contributed by atoms with Gasteiger partial charge in [-0.25, -0.2) is 0 Å². The summed E-state index contributed by atoms with van der Waals surface area (Å²) in [5.41, 5.74) is 1.15. The largest absolute Gasteiger partial charge is 0.714 e. The molecule has 147 valence electrons. The van der Waals surface area contributed by atoms with E-state index in [1.54, 1.807) is 0 Å². The fourth-order valence-corrected chi connectivity index (χ4v) is 3.75. The highest BCUT2D eigenvalue weighted by Gasteiger charge is 2.60. The quantitative estimate of drug-likeness (QED) is 0.340. The number of hydrogen-bond donors (Lipinski definition) is 0. The van der Waals surface area contributed by atoms with E-state index in [9.17, 15) is 10.4 Å². The summed E-state index contributed by atoms with van der Waals surface area (Å²) in [6, 6.07) is 21.9. The molecule has 0 bridgehead atoms. The van der Waals surface area contributed by atoms with Gasteiger partial charge in [0.25, 0.3) is 0 Å². The highest BCUT2D eigenvalue weighted by Crippen LogP contribution is 2.38. The van der Waals surface area contributed by atoms with Crippen LogP contribution in [0.5, 0.6) is 0 Å². The summed E-state index contributed by atoms with van der Waals surface area (Å²) in [6.07, 6.45) is 4.13. The van der Waals surface area contributed by atoms with Crippen molar-refractivity contribution in [3.63, 3.8) is 0 Å². The molecule has 4 nitrogen and oxygen atoms in total. The van der Waals surface area contributed by atoms with Gasteiger partial charge in [-0.3, -0.25) is 4.74 Å². The Morgan fingerprint density at radius 2 is 1.48 bits per heavy atom. The molecule has 1 aliphatic heterocycles. The third-order valence-corrected chi connectivity index (χ3v) is 6.35. The lowest BCUT2D eigenvalue weighted by molar-refractivity contribution is -0.539. The predicted molar refractivity (Wildman–Crippen MR) is 118 cm³/mol. The summed E-state index contributed by atoms with van der Waals surface area (Å²) < 4.78 is 0.876. The van der Waals surface area contributed by atoms with Crippen molar-refractivity contribution in [2.75, 3.05) is 0 Å². The summed E-state index contributed by atoms with van der Waals surface area (Å²) in [6.45, 7) is 7.27. The van der Waals surface area contributed by atoms with Crippen molar-refractivity contribution < 1.29 is 9.95 Å². The van der Waals surface area contributed by atoms with E-state index in [2.05, 4.69) is 24.3 Å². The molecule has 0 saturated carbocycles. The Balaban J connectivity index is 1.87. The van der Waals surface area contributed by atoms with Gasteiger partial charge in [0.1, 0.15) is 5.54 Å². The van der Waals surface area contributed by atoms with E-state index in [1.807, 2.05) is 82.3 Å². The third kappa shape index (κ3) is 2.91. The Kier molecular flexibility index (Phi) is 4.47. The molecular formula is C25H25N2O2. The maximum absolute atomic E-state index is 13.1. The van der Waals surface area contributed by atoms with E-state index >= 15 is 0 Å². The minimum Gasteiger partial charge on any atom is -0.714 e. The normalized spacial score (nSPS) is 18.2. The Bertz CT molecular complexity index is 1130. The second kappa shape index (κ2) is 6.75. The Morgan fingerprint density at radius 1 is 0.828 bits per heavy atom.